The second kappa shape index (κ2) is 3.14. The van der Waals surface area contributed by atoms with Crippen molar-refractivity contribution in [3.63, 3.8) is 0 Å². The van der Waals surface area contributed by atoms with Crippen molar-refractivity contribution in [3.8, 4) is 10.4 Å². The molecule has 0 aromatic carbocycles. The Bertz CT molecular complexity index is 472. The molecule has 66 valence electrons. The maximum absolute atomic E-state index is 11.0. The second-order valence-corrected chi connectivity index (χ2v) is 4.03. The summed E-state index contributed by atoms with van der Waals surface area (Å²) in [6.45, 7) is 2.04. The summed E-state index contributed by atoms with van der Waals surface area (Å²) >= 11 is 1.66. The van der Waals surface area contributed by atoms with Gasteiger partial charge in [0.1, 0.15) is 0 Å². The molecular weight excluding hydrogens is 184 g/mol. The molecule has 0 spiro atoms. The molecule has 0 bridgehead atoms. The first-order chi connectivity index (χ1) is 6.25. The minimum absolute atomic E-state index is 0.163. The van der Waals surface area contributed by atoms with Crippen molar-refractivity contribution >= 4 is 11.3 Å². The molecule has 2 heterocycles. The Balaban J connectivity index is 2.52. The Kier molecular flexibility index (Phi) is 1.98. The van der Waals surface area contributed by atoms with Gasteiger partial charge < -0.3 is 0 Å². The Hall–Kier alpha value is -1.42. The summed E-state index contributed by atoms with van der Waals surface area (Å²) in [6.07, 6.45) is 1.66. The molecule has 2 aromatic rings. The van der Waals surface area contributed by atoms with Gasteiger partial charge in [-0.1, -0.05) is 0 Å². The average Bonchev–Trinajstić information content (AvgIpc) is 2.52. The number of hydrogen-bond donors (Lipinski definition) is 1. The van der Waals surface area contributed by atoms with Gasteiger partial charge in [-0.25, -0.2) is 5.10 Å². The molecule has 0 amide bonds. The number of thiophene rings is 1. The van der Waals surface area contributed by atoms with E-state index in [1.54, 1.807) is 23.6 Å². The minimum atomic E-state index is -0.163. The van der Waals surface area contributed by atoms with Crippen molar-refractivity contribution in [1.29, 1.82) is 0 Å². The first-order valence-corrected chi connectivity index (χ1v) is 4.69. The van der Waals surface area contributed by atoms with Crippen molar-refractivity contribution in [2.75, 3.05) is 0 Å². The Labute approximate surface area is 79.1 Å². The second-order valence-electron chi connectivity index (χ2n) is 2.74. The molecule has 2 rings (SSSR count). The average molecular weight is 192 g/mol. The highest BCUT2D eigenvalue weighted by Gasteiger charge is 2.00. The van der Waals surface area contributed by atoms with Crippen LogP contribution in [0.2, 0.25) is 0 Å². The normalized spacial score (nSPS) is 10.2. The van der Waals surface area contributed by atoms with Crippen LogP contribution in [0.1, 0.15) is 4.88 Å². The van der Waals surface area contributed by atoms with Crippen LogP contribution < -0.4 is 5.56 Å². The van der Waals surface area contributed by atoms with Crippen LogP contribution in [0.4, 0.5) is 0 Å². The largest absolute Gasteiger partial charge is 0.268 e. The standard InChI is InChI=1S/C9H8N2OS/c1-6-2-3-8(13-6)7-4-9(12)11-10-5-7/h2-5H,1H3,(H,11,12). The molecule has 0 unspecified atom stereocenters. The molecule has 0 radical (unpaired) electrons. The summed E-state index contributed by atoms with van der Waals surface area (Å²) in [5.41, 5.74) is 0.713. The molecule has 3 nitrogen and oxygen atoms in total. The van der Waals surface area contributed by atoms with E-state index >= 15 is 0 Å². The van der Waals surface area contributed by atoms with Gasteiger partial charge in [-0.3, -0.25) is 4.79 Å². The van der Waals surface area contributed by atoms with Crippen LogP contribution >= 0.6 is 11.3 Å². The van der Waals surface area contributed by atoms with Crippen molar-refractivity contribution < 1.29 is 0 Å². The molecular formula is C9H8N2OS. The van der Waals surface area contributed by atoms with Crippen LogP contribution in [0.25, 0.3) is 10.4 Å². The lowest BCUT2D eigenvalue weighted by Crippen LogP contribution is -2.04. The van der Waals surface area contributed by atoms with Gasteiger partial charge in [0.2, 0.25) is 0 Å². The van der Waals surface area contributed by atoms with Gasteiger partial charge in [-0.2, -0.15) is 5.10 Å². The fraction of sp³-hybridized carbons (Fsp3) is 0.111. The summed E-state index contributed by atoms with van der Waals surface area (Å²) in [6, 6.07) is 5.58. The third-order valence-electron chi connectivity index (χ3n) is 1.69. The van der Waals surface area contributed by atoms with E-state index in [1.807, 2.05) is 19.1 Å². The molecule has 13 heavy (non-hydrogen) atoms. The first kappa shape index (κ1) is 8.19. The molecule has 0 saturated heterocycles. The molecule has 1 N–H and O–H groups in total. The number of hydrogen-bond acceptors (Lipinski definition) is 3. The molecule has 4 heteroatoms. The van der Waals surface area contributed by atoms with Gasteiger partial charge in [0, 0.05) is 21.4 Å². The Morgan fingerprint density at radius 1 is 1.46 bits per heavy atom. The third-order valence-corrected chi connectivity index (χ3v) is 2.74. The van der Waals surface area contributed by atoms with E-state index in [1.165, 1.54) is 4.88 Å². The maximum atomic E-state index is 11.0. The number of aryl methyl sites for hydroxylation is 1. The summed E-state index contributed by atoms with van der Waals surface area (Å²) in [4.78, 5) is 13.3. The molecule has 0 fully saturated rings. The van der Waals surface area contributed by atoms with Gasteiger partial charge in [0.05, 0.1) is 6.20 Å². The summed E-state index contributed by atoms with van der Waals surface area (Å²) < 4.78 is 0. The minimum Gasteiger partial charge on any atom is -0.268 e. The lowest BCUT2D eigenvalue weighted by Gasteiger charge is -1.92. The van der Waals surface area contributed by atoms with Crippen molar-refractivity contribution in [2.24, 2.45) is 0 Å². The van der Waals surface area contributed by atoms with Gasteiger partial charge >= 0.3 is 0 Å². The zero-order valence-corrected chi connectivity index (χ0v) is 7.89. The Morgan fingerprint density at radius 2 is 2.31 bits per heavy atom. The molecule has 2 aromatic heterocycles. The molecule has 0 saturated carbocycles. The molecule has 0 aliphatic carbocycles. The van der Waals surface area contributed by atoms with Crippen LogP contribution in [-0.2, 0) is 0 Å². The highest BCUT2D eigenvalue weighted by Crippen LogP contribution is 2.25. The van der Waals surface area contributed by atoms with E-state index < -0.39 is 0 Å². The number of nitrogens with one attached hydrogen (secondary N) is 1. The SMILES string of the molecule is Cc1ccc(-c2cn[nH]c(=O)c2)s1. The van der Waals surface area contributed by atoms with E-state index in [0.717, 1.165) is 10.4 Å². The predicted octanol–water partition coefficient (Wildman–Crippen LogP) is 1.81. The number of aromatic nitrogens is 2. The lowest BCUT2D eigenvalue weighted by molar-refractivity contribution is 0.992. The number of H-pyrrole nitrogens is 1. The highest BCUT2D eigenvalue weighted by atomic mass is 32.1. The fourth-order valence-corrected chi connectivity index (χ4v) is 1.95. The van der Waals surface area contributed by atoms with Crippen molar-refractivity contribution in [2.45, 2.75) is 6.92 Å². The third kappa shape index (κ3) is 1.67. The molecule has 0 aliphatic heterocycles. The van der Waals surface area contributed by atoms with Crippen LogP contribution in [0.5, 0.6) is 0 Å². The number of rotatable bonds is 1. The lowest BCUT2D eigenvalue weighted by atomic mass is 10.2. The smallest absolute Gasteiger partial charge is 0.264 e. The van der Waals surface area contributed by atoms with Crippen molar-refractivity contribution in [1.82, 2.24) is 10.2 Å². The van der Waals surface area contributed by atoms with Crippen LogP contribution in [0, 0.1) is 6.92 Å². The topological polar surface area (TPSA) is 45.8 Å². The van der Waals surface area contributed by atoms with E-state index in [-0.39, 0.29) is 5.56 Å². The number of nitrogens with zero attached hydrogens (tertiary/aromatic N) is 1. The quantitative estimate of drug-likeness (QED) is 0.749. The van der Waals surface area contributed by atoms with Gasteiger partial charge in [-0.15, -0.1) is 11.3 Å². The van der Waals surface area contributed by atoms with Crippen LogP contribution in [0.3, 0.4) is 0 Å². The molecule has 0 aliphatic rings. The first-order valence-electron chi connectivity index (χ1n) is 3.87. The molecule has 0 atom stereocenters. The zero-order valence-electron chi connectivity index (χ0n) is 7.07. The number of aromatic amines is 1. The van der Waals surface area contributed by atoms with E-state index in [0.29, 0.717) is 0 Å². The van der Waals surface area contributed by atoms with Crippen LogP contribution in [-0.4, -0.2) is 10.2 Å². The summed E-state index contributed by atoms with van der Waals surface area (Å²) in [5.74, 6) is 0. The van der Waals surface area contributed by atoms with E-state index in [2.05, 4.69) is 10.2 Å². The highest BCUT2D eigenvalue weighted by molar-refractivity contribution is 7.15. The van der Waals surface area contributed by atoms with Gasteiger partial charge in [-0.05, 0) is 19.1 Å². The van der Waals surface area contributed by atoms with E-state index in [4.69, 9.17) is 0 Å². The summed E-state index contributed by atoms with van der Waals surface area (Å²) in [7, 11) is 0. The zero-order chi connectivity index (χ0) is 9.26. The van der Waals surface area contributed by atoms with Gasteiger partial charge in [0.25, 0.3) is 5.56 Å². The van der Waals surface area contributed by atoms with Crippen molar-refractivity contribution in [3.05, 3.63) is 39.6 Å². The maximum Gasteiger partial charge on any atom is 0.264 e. The van der Waals surface area contributed by atoms with Crippen LogP contribution in [0.15, 0.2) is 29.2 Å². The fourth-order valence-electron chi connectivity index (χ4n) is 1.10. The van der Waals surface area contributed by atoms with Gasteiger partial charge in [0.15, 0.2) is 0 Å². The van der Waals surface area contributed by atoms with E-state index in [9.17, 15) is 4.79 Å². The Morgan fingerprint density at radius 3 is 2.92 bits per heavy atom. The monoisotopic (exact) mass is 192 g/mol. The predicted molar refractivity (Wildman–Crippen MR) is 52.9 cm³/mol. The summed E-state index contributed by atoms with van der Waals surface area (Å²) in [5, 5.41) is 6.09.